The highest BCUT2D eigenvalue weighted by Gasteiger charge is 2.29. The number of thiophene rings is 1. The Kier molecular flexibility index (Phi) is 4.00. The topological polar surface area (TPSA) is 20.3 Å². The number of hydrogen-bond acceptors (Lipinski definition) is 3. The van der Waals surface area contributed by atoms with Gasteiger partial charge >= 0.3 is 0 Å². The van der Waals surface area contributed by atoms with E-state index in [2.05, 4.69) is 30.2 Å². The van der Waals surface area contributed by atoms with E-state index in [1.165, 1.54) is 16.7 Å². The number of carbonyl (C=O) groups is 1. The highest BCUT2D eigenvalue weighted by molar-refractivity contribution is 7.10. The molecule has 1 aliphatic rings. The van der Waals surface area contributed by atoms with Gasteiger partial charge in [-0.15, -0.1) is 11.3 Å². The lowest BCUT2D eigenvalue weighted by Gasteiger charge is -2.35. The predicted molar refractivity (Wildman–Crippen MR) is 72.4 cm³/mol. The largest absolute Gasteiger partial charge is 0.303 e. The van der Waals surface area contributed by atoms with E-state index in [0.717, 1.165) is 38.9 Å². The van der Waals surface area contributed by atoms with E-state index in [-0.39, 0.29) is 5.41 Å². The summed E-state index contributed by atoms with van der Waals surface area (Å²) in [4.78, 5) is 15.3. The SMILES string of the molecule is CCC(C=O)(CC)CN1CCc2sccc2C1. The maximum absolute atomic E-state index is 11.3. The van der Waals surface area contributed by atoms with E-state index in [9.17, 15) is 4.79 Å². The molecular formula is C14H21NOS. The molecule has 0 saturated heterocycles. The molecule has 1 aromatic heterocycles. The minimum Gasteiger partial charge on any atom is -0.303 e. The summed E-state index contributed by atoms with van der Waals surface area (Å²) in [6, 6.07) is 2.23. The average molecular weight is 251 g/mol. The zero-order valence-corrected chi connectivity index (χ0v) is 11.6. The average Bonchev–Trinajstić information content (AvgIpc) is 2.83. The van der Waals surface area contributed by atoms with E-state index in [1.807, 2.05) is 11.3 Å². The smallest absolute Gasteiger partial charge is 0.127 e. The van der Waals surface area contributed by atoms with Crippen LogP contribution in [-0.2, 0) is 17.8 Å². The van der Waals surface area contributed by atoms with Crippen molar-refractivity contribution in [2.24, 2.45) is 5.41 Å². The maximum atomic E-state index is 11.3. The van der Waals surface area contributed by atoms with Crippen molar-refractivity contribution in [3.63, 3.8) is 0 Å². The van der Waals surface area contributed by atoms with Gasteiger partial charge in [-0.25, -0.2) is 0 Å². The Labute approximate surface area is 108 Å². The van der Waals surface area contributed by atoms with Crippen LogP contribution in [0, 0.1) is 5.41 Å². The Morgan fingerprint density at radius 3 is 2.88 bits per heavy atom. The third-order valence-corrected chi connectivity index (χ3v) is 5.11. The lowest BCUT2D eigenvalue weighted by atomic mass is 9.83. The van der Waals surface area contributed by atoms with Gasteiger partial charge in [0.15, 0.2) is 0 Å². The van der Waals surface area contributed by atoms with Crippen molar-refractivity contribution in [3.05, 3.63) is 21.9 Å². The molecule has 2 rings (SSSR count). The summed E-state index contributed by atoms with van der Waals surface area (Å²) in [5.74, 6) is 0. The van der Waals surface area contributed by atoms with Crippen LogP contribution in [0.2, 0.25) is 0 Å². The van der Waals surface area contributed by atoms with Crippen LogP contribution in [0.4, 0.5) is 0 Å². The van der Waals surface area contributed by atoms with E-state index in [1.54, 1.807) is 0 Å². The van der Waals surface area contributed by atoms with Crippen LogP contribution in [0.25, 0.3) is 0 Å². The summed E-state index contributed by atoms with van der Waals surface area (Å²) >= 11 is 1.87. The van der Waals surface area contributed by atoms with Crippen LogP contribution in [0.15, 0.2) is 11.4 Å². The van der Waals surface area contributed by atoms with Crippen molar-refractivity contribution >= 4 is 17.6 Å². The number of rotatable bonds is 5. The van der Waals surface area contributed by atoms with Gasteiger partial charge in [-0.05, 0) is 36.3 Å². The van der Waals surface area contributed by atoms with Crippen LogP contribution in [-0.4, -0.2) is 24.3 Å². The summed E-state index contributed by atoms with van der Waals surface area (Å²) in [6.45, 7) is 7.28. The Bertz CT molecular complexity index is 381. The monoisotopic (exact) mass is 251 g/mol. The van der Waals surface area contributed by atoms with Crippen molar-refractivity contribution < 1.29 is 4.79 Å². The van der Waals surface area contributed by atoms with Gasteiger partial charge < -0.3 is 4.79 Å². The maximum Gasteiger partial charge on any atom is 0.127 e. The molecule has 17 heavy (non-hydrogen) atoms. The van der Waals surface area contributed by atoms with Crippen LogP contribution < -0.4 is 0 Å². The fraction of sp³-hybridized carbons (Fsp3) is 0.643. The summed E-state index contributed by atoms with van der Waals surface area (Å²) < 4.78 is 0. The molecule has 94 valence electrons. The highest BCUT2D eigenvalue weighted by atomic mass is 32.1. The fourth-order valence-electron chi connectivity index (χ4n) is 2.56. The van der Waals surface area contributed by atoms with Gasteiger partial charge in [-0.2, -0.15) is 0 Å². The standard InChI is InChI=1S/C14H21NOS/c1-3-14(4-2,11-16)10-15-7-5-13-12(9-15)6-8-17-13/h6,8,11H,3-5,7,9-10H2,1-2H3. The molecule has 0 saturated carbocycles. The number of nitrogens with zero attached hydrogens (tertiary/aromatic N) is 1. The van der Waals surface area contributed by atoms with Crippen LogP contribution in [0.5, 0.6) is 0 Å². The molecule has 0 fully saturated rings. The lowest BCUT2D eigenvalue weighted by Crippen LogP contribution is -2.40. The Hall–Kier alpha value is -0.670. The van der Waals surface area contributed by atoms with Gasteiger partial charge in [0, 0.05) is 29.9 Å². The second-order valence-electron chi connectivity index (χ2n) is 5.02. The fourth-order valence-corrected chi connectivity index (χ4v) is 3.45. The minimum absolute atomic E-state index is 0.131. The second kappa shape index (κ2) is 5.32. The third kappa shape index (κ3) is 2.61. The zero-order chi connectivity index (χ0) is 12.3. The first kappa shape index (κ1) is 12.8. The first-order valence-corrected chi connectivity index (χ1v) is 7.35. The van der Waals surface area contributed by atoms with Gasteiger partial charge in [0.25, 0.3) is 0 Å². The number of aldehydes is 1. The number of fused-ring (bicyclic) bond motifs is 1. The molecule has 0 unspecified atom stereocenters. The highest BCUT2D eigenvalue weighted by Crippen LogP contribution is 2.29. The molecule has 0 bridgehead atoms. The van der Waals surface area contributed by atoms with E-state index in [4.69, 9.17) is 0 Å². The van der Waals surface area contributed by atoms with Crippen molar-refractivity contribution in [2.45, 2.75) is 39.7 Å². The summed E-state index contributed by atoms with van der Waals surface area (Å²) in [7, 11) is 0. The molecule has 2 heterocycles. The summed E-state index contributed by atoms with van der Waals surface area (Å²) in [5, 5.41) is 2.18. The lowest BCUT2D eigenvalue weighted by molar-refractivity contribution is -0.117. The molecule has 0 N–H and O–H groups in total. The van der Waals surface area contributed by atoms with Crippen molar-refractivity contribution in [1.29, 1.82) is 0 Å². The van der Waals surface area contributed by atoms with Gasteiger partial charge in [-0.3, -0.25) is 4.90 Å². The molecule has 0 radical (unpaired) electrons. The quantitative estimate of drug-likeness (QED) is 0.749. The zero-order valence-electron chi connectivity index (χ0n) is 10.7. The van der Waals surface area contributed by atoms with Crippen molar-refractivity contribution in [3.8, 4) is 0 Å². The molecule has 0 aromatic carbocycles. The van der Waals surface area contributed by atoms with E-state index < -0.39 is 0 Å². The normalized spacial score (nSPS) is 16.8. The minimum atomic E-state index is -0.131. The molecule has 1 aromatic rings. The number of carbonyl (C=O) groups excluding carboxylic acids is 1. The van der Waals surface area contributed by atoms with Crippen molar-refractivity contribution in [2.75, 3.05) is 13.1 Å². The van der Waals surface area contributed by atoms with Crippen LogP contribution in [0.1, 0.15) is 37.1 Å². The van der Waals surface area contributed by atoms with E-state index in [0.29, 0.717) is 0 Å². The summed E-state index contributed by atoms with van der Waals surface area (Å²) in [5.41, 5.74) is 1.33. The first-order valence-electron chi connectivity index (χ1n) is 6.47. The molecule has 1 aliphatic heterocycles. The Morgan fingerprint density at radius 1 is 1.47 bits per heavy atom. The molecule has 0 spiro atoms. The van der Waals surface area contributed by atoms with Gasteiger partial charge in [0.1, 0.15) is 6.29 Å². The number of hydrogen-bond donors (Lipinski definition) is 0. The second-order valence-corrected chi connectivity index (χ2v) is 6.02. The van der Waals surface area contributed by atoms with Gasteiger partial charge in [0.2, 0.25) is 0 Å². The van der Waals surface area contributed by atoms with Gasteiger partial charge in [0.05, 0.1) is 0 Å². The van der Waals surface area contributed by atoms with Crippen LogP contribution >= 0.6 is 11.3 Å². The third-order valence-electron chi connectivity index (χ3n) is 4.08. The van der Waals surface area contributed by atoms with Crippen LogP contribution in [0.3, 0.4) is 0 Å². The molecule has 0 aliphatic carbocycles. The van der Waals surface area contributed by atoms with E-state index >= 15 is 0 Å². The molecule has 3 heteroatoms. The Morgan fingerprint density at radius 2 is 2.24 bits per heavy atom. The molecule has 2 nitrogen and oxygen atoms in total. The predicted octanol–water partition coefficient (Wildman–Crippen LogP) is 3.11. The molecule has 0 amide bonds. The van der Waals surface area contributed by atoms with Gasteiger partial charge in [-0.1, -0.05) is 13.8 Å². The molecule has 0 atom stereocenters. The first-order chi connectivity index (χ1) is 8.23. The Balaban J connectivity index is 2.04. The van der Waals surface area contributed by atoms with Crippen molar-refractivity contribution in [1.82, 2.24) is 4.90 Å². The summed E-state index contributed by atoms with van der Waals surface area (Å²) in [6.07, 6.45) is 4.21. The molecular weight excluding hydrogens is 230 g/mol.